The summed E-state index contributed by atoms with van der Waals surface area (Å²) in [5.74, 6) is -0.497. The predicted molar refractivity (Wildman–Crippen MR) is 105 cm³/mol. The number of hydrogen-bond donors (Lipinski definition) is 5. The number of ether oxygens (including phenoxy) is 1. The molecular weight excluding hydrogens is 377 g/mol. The number of alkyl halides is 1. The van der Waals surface area contributed by atoms with E-state index in [1.165, 1.54) is 12.8 Å². The SMILES string of the molecule is NC1NN2CC(F)CNC2C1C(=O)NC1CNCCC1N1CCC2(CC1)COC2. The van der Waals surface area contributed by atoms with Gasteiger partial charge in [-0.05, 0) is 38.9 Å². The molecule has 5 aliphatic heterocycles. The summed E-state index contributed by atoms with van der Waals surface area (Å²) in [5.41, 5.74) is 9.68. The first kappa shape index (κ1) is 20.0. The van der Waals surface area contributed by atoms with E-state index in [1.807, 2.05) is 0 Å². The number of hydrogen-bond acceptors (Lipinski definition) is 8. The van der Waals surface area contributed by atoms with Crippen molar-refractivity contribution in [1.82, 2.24) is 31.3 Å². The zero-order valence-corrected chi connectivity index (χ0v) is 16.9. The van der Waals surface area contributed by atoms with Crippen LogP contribution >= 0.6 is 0 Å². The molecule has 0 aromatic carbocycles. The van der Waals surface area contributed by atoms with Gasteiger partial charge in [0, 0.05) is 31.1 Å². The second-order valence-corrected chi connectivity index (χ2v) is 9.49. The van der Waals surface area contributed by atoms with Crippen molar-refractivity contribution in [3.8, 4) is 0 Å². The molecule has 0 aromatic rings. The van der Waals surface area contributed by atoms with Crippen molar-refractivity contribution in [2.75, 3.05) is 52.5 Å². The molecule has 9 nitrogen and oxygen atoms in total. The van der Waals surface area contributed by atoms with Crippen LogP contribution in [0.4, 0.5) is 4.39 Å². The zero-order valence-electron chi connectivity index (χ0n) is 16.9. The summed E-state index contributed by atoms with van der Waals surface area (Å²) < 4.78 is 19.1. The van der Waals surface area contributed by atoms with Crippen molar-refractivity contribution in [3.05, 3.63) is 0 Å². The Kier molecular flexibility index (Phi) is 5.52. The summed E-state index contributed by atoms with van der Waals surface area (Å²) in [7, 11) is 0. The van der Waals surface area contributed by atoms with E-state index in [1.54, 1.807) is 5.01 Å². The molecule has 0 radical (unpaired) electrons. The average Bonchev–Trinajstić information content (AvgIpc) is 3.02. The smallest absolute Gasteiger partial charge is 0.229 e. The van der Waals surface area contributed by atoms with Gasteiger partial charge in [0.25, 0.3) is 0 Å². The topological polar surface area (TPSA) is 107 Å². The van der Waals surface area contributed by atoms with Crippen LogP contribution in [0, 0.1) is 11.3 Å². The first-order valence-corrected chi connectivity index (χ1v) is 11.0. The van der Waals surface area contributed by atoms with Gasteiger partial charge < -0.3 is 21.1 Å². The molecule has 5 fully saturated rings. The molecule has 5 saturated heterocycles. The van der Waals surface area contributed by atoms with Gasteiger partial charge in [0.15, 0.2) is 0 Å². The van der Waals surface area contributed by atoms with Gasteiger partial charge in [-0.15, -0.1) is 0 Å². The van der Waals surface area contributed by atoms with Crippen LogP contribution in [0.25, 0.3) is 0 Å². The van der Waals surface area contributed by atoms with Crippen molar-refractivity contribution >= 4 is 5.91 Å². The second-order valence-electron chi connectivity index (χ2n) is 9.49. The minimum absolute atomic E-state index is 0.0538. The lowest BCUT2D eigenvalue weighted by Gasteiger charge is -2.50. The summed E-state index contributed by atoms with van der Waals surface area (Å²) in [6.07, 6.45) is 1.66. The summed E-state index contributed by atoms with van der Waals surface area (Å²) in [4.78, 5) is 15.7. The van der Waals surface area contributed by atoms with Gasteiger partial charge in [-0.2, -0.15) is 0 Å². The number of amides is 1. The van der Waals surface area contributed by atoms with Crippen LogP contribution in [0.5, 0.6) is 0 Å². The Morgan fingerprint density at radius 3 is 2.76 bits per heavy atom. The minimum atomic E-state index is -0.955. The molecule has 5 rings (SSSR count). The van der Waals surface area contributed by atoms with E-state index in [0.29, 0.717) is 11.5 Å². The number of nitrogens with zero attached hydrogens (tertiary/aromatic N) is 2. The summed E-state index contributed by atoms with van der Waals surface area (Å²) in [6, 6.07) is 0.400. The highest BCUT2D eigenvalue weighted by Gasteiger charge is 2.48. The lowest BCUT2D eigenvalue weighted by molar-refractivity contribution is -0.144. The third-order valence-corrected chi connectivity index (χ3v) is 7.54. The van der Waals surface area contributed by atoms with Crippen LogP contribution in [-0.2, 0) is 9.53 Å². The number of piperidine rings is 2. The standard InChI is InChI=1S/C19H34FN7O2/c20-12-7-23-17-15(16(21)25-27(17)9-12)18(28)24-13-8-22-4-1-14(13)26-5-2-19(3-6-26)10-29-11-19/h12-17,22-23,25H,1-11,21H2,(H,24,28). The van der Waals surface area contributed by atoms with Crippen molar-refractivity contribution in [1.29, 1.82) is 0 Å². The third kappa shape index (κ3) is 3.80. The minimum Gasteiger partial charge on any atom is -0.380 e. The fourth-order valence-electron chi connectivity index (χ4n) is 5.70. The molecule has 29 heavy (non-hydrogen) atoms. The summed E-state index contributed by atoms with van der Waals surface area (Å²) in [6.45, 7) is 6.21. The predicted octanol–water partition coefficient (Wildman–Crippen LogP) is -2.07. The van der Waals surface area contributed by atoms with Crippen molar-refractivity contribution in [3.63, 3.8) is 0 Å². The number of carbonyl (C=O) groups excluding carboxylic acids is 1. The number of likely N-dealkylation sites (tertiary alicyclic amines) is 1. The fourth-order valence-corrected chi connectivity index (χ4v) is 5.70. The molecule has 0 saturated carbocycles. The highest BCUT2D eigenvalue weighted by Crippen LogP contribution is 2.39. The van der Waals surface area contributed by atoms with E-state index in [2.05, 4.69) is 26.3 Å². The highest BCUT2D eigenvalue weighted by atomic mass is 19.1. The Bertz CT molecular complexity index is 611. The van der Waals surface area contributed by atoms with E-state index in [9.17, 15) is 9.18 Å². The van der Waals surface area contributed by atoms with Gasteiger partial charge in [0.2, 0.25) is 5.91 Å². The number of hydrazine groups is 1. The van der Waals surface area contributed by atoms with Gasteiger partial charge in [0.05, 0.1) is 37.5 Å². The number of nitrogens with two attached hydrogens (primary N) is 1. The lowest BCUT2D eigenvalue weighted by atomic mass is 9.76. The Morgan fingerprint density at radius 2 is 2.03 bits per heavy atom. The maximum Gasteiger partial charge on any atom is 0.229 e. The Labute approximate surface area is 171 Å². The monoisotopic (exact) mass is 411 g/mol. The van der Waals surface area contributed by atoms with Gasteiger partial charge >= 0.3 is 0 Å². The van der Waals surface area contributed by atoms with E-state index in [-0.39, 0.29) is 31.2 Å². The quantitative estimate of drug-likeness (QED) is 0.361. The normalized spacial score (nSPS) is 43.0. The Morgan fingerprint density at radius 1 is 1.24 bits per heavy atom. The molecule has 5 aliphatic rings. The van der Waals surface area contributed by atoms with Gasteiger partial charge in [0.1, 0.15) is 6.17 Å². The maximum absolute atomic E-state index is 13.7. The van der Waals surface area contributed by atoms with Crippen LogP contribution < -0.4 is 27.1 Å². The van der Waals surface area contributed by atoms with E-state index in [0.717, 1.165) is 45.8 Å². The molecule has 6 atom stereocenters. The maximum atomic E-state index is 13.7. The first-order valence-electron chi connectivity index (χ1n) is 11.0. The average molecular weight is 412 g/mol. The van der Waals surface area contributed by atoms with E-state index in [4.69, 9.17) is 10.5 Å². The van der Waals surface area contributed by atoms with Gasteiger partial charge in [-0.3, -0.25) is 15.0 Å². The highest BCUT2D eigenvalue weighted by molar-refractivity contribution is 5.81. The molecular formula is C19H34FN7O2. The van der Waals surface area contributed by atoms with E-state index < -0.39 is 18.3 Å². The van der Waals surface area contributed by atoms with Crippen molar-refractivity contribution < 1.29 is 13.9 Å². The number of carbonyl (C=O) groups is 1. The molecule has 6 unspecified atom stereocenters. The largest absolute Gasteiger partial charge is 0.380 e. The molecule has 6 N–H and O–H groups in total. The molecule has 1 amide bonds. The Hall–Kier alpha value is -0.880. The molecule has 0 aliphatic carbocycles. The summed E-state index contributed by atoms with van der Waals surface area (Å²) >= 11 is 0. The molecule has 10 heteroatoms. The number of halogens is 1. The Balaban J connectivity index is 1.22. The van der Waals surface area contributed by atoms with Crippen LogP contribution in [0.2, 0.25) is 0 Å². The molecule has 0 bridgehead atoms. The number of rotatable bonds is 3. The van der Waals surface area contributed by atoms with Gasteiger partial charge in [-0.1, -0.05) is 0 Å². The van der Waals surface area contributed by atoms with Crippen LogP contribution in [0.15, 0.2) is 0 Å². The van der Waals surface area contributed by atoms with E-state index >= 15 is 0 Å². The number of fused-ring (bicyclic) bond motifs is 1. The van der Waals surface area contributed by atoms with Gasteiger partial charge in [-0.25, -0.2) is 14.8 Å². The van der Waals surface area contributed by atoms with Crippen molar-refractivity contribution in [2.24, 2.45) is 17.1 Å². The van der Waals surface area contributed by atoms with Crippen LogP contribution in [0.1, 0.15) is 19.3 Å². The molecule has 164 valence electrons. The molecule has 1 spiro atoms. The molecule has 5 heterocycles. The fraction of sp³-hybridized carbons (Fsp3) is 0.947. The number of nitrogens with one attached hydrogen (secondary N) is 4. The summed E-state index contributed by atoms with van der Waals surface area (Å²) in [5, 5.41) is 11.6. The van der Waals surface area contributed by atoms with Crippen LogP contribution in [0.3, 0.4) is 0 Å². The molecule has 0 aromatic heterocycles. The first-order chi connectivity index (χ1) is 14.0. The second kappa shape index (κ2) is 7.99. The zero-order chi connectivity index (χ0) is 20.0. The van der Waals surface area contributed by atoms with Crippen LogP contribution in [-0.4, -0.2) is 98.9 Å². The van der Waals surface area contributed by atoms with Crippen molar-refractivity contribution in [2.45, 2.75) is 49.8 Å². The lowest BCUT2D eigenvalue weighted by Crippen LogP contribution is -2.64. The third-order valence-electron chi connectivity index (χ3n) is 7.54.